The Bertz CT molecular complexity index is 651. The van der Waals surface area contributed by atoms with Crippen molar-refractivity contribution in [2.75, 3.05) is 13.1 Å². The number of aromatic nitrogens is 5. The van der Waals surface area contributed by atoms with E-state index >= 15 is 0 Å². The van der Waals surface area contributed by atoms with Crippen molar-refractivity contribution < 1.29 is 9.32 Å². The Hall–Kier alpha value is -2.25. The van der Waals surface area contributed by atoms with E-state index in [0.717, 1.165) is 31.6 Å². The van der Waals surface area contributed by atoms with Crippen LogP contribution in [0.4, 0.5) is 0 Å². The van der Waals surface area contributed by atoms with E-state index in [-0.39, 0.29) is 17.7 Å². The molecule has 0 unspecified atom stereocenters. The first-order valence-electron chi connectivity index (χ1n) is 8.57. The van der Waals surface area contributed by atoms with Crippen molar-refractivity contribution in [3.8, 4) is 0 Å². The Morgan fingerprint density at radius 1 is 1.46 bits per heavy atom. The molecule has 2 aromatic rings. The number of aryl methyl sites for hydroxylation is 1. The molecule has 8 heteroatoms. The fourth-order valence-electron chi connectivity index (χ4n) is 2.95. The molecule has 3 heterocycles. The molecule has 8 nitrogen and oxygen atoms in total. The highest BCUT2D eigenvalue weighted by molar-refractivity contribution is 5.76. The number of nitrogens with zero attached hydrogens (tertiary/aromatic N) is 6. The quantitative estimate of drug-likeness (QED) is 0.803. The van der Waals surface area contributed by atoms with Crippen LogP contribution < -0.4 is 0 Å². The second-order valence-electron chi connectivity index (χ2n) is 6.59. The van der Waals surface area contributed by atoms with Gasteiger partial charge in [0.2, 0.25) is 11.8 Å². The van der Waals surface area contributed by atoms with Gasteiger partial charge in [0, 0.05) is 32.0 Å². The molecule has 1 aliphatic heterocycles. The second kappa shape index (κ2) is 7.55. The molecule has 24 heavy (non-hydrogen) atoms. The van der Waals surface area contributed by atoms with Gasteiger partial charge in [0.15, 0.2) is 5.82 Å². The van der Waals surface area contributed by atoms with E-state index in [0.29, 0.717) is 25.4 Å². The highest BCUT2D eigenvalue weighted by Gasteiger charge is 2.28. The number of carbonyl (C=O) groups is 1. The van der Waals surface area contributed by atoms with Crippen LogP contribution in [0.5, 0.6) is 0 Å². The molecule has 0 aliphatic carbocycles. The number of hydrogen-bond acceptors (Lipinski definition) is 6. The van der Waals surface area contributed by atoms with Crippen molar-refractivity contribution in [1.29, 1.82) is 0 Å². The first-order chi connectivity index (χ1) is 11.6. The minimum atomic E-state index is 0.151. The lowest BCUT2D eigenvalue weighted by molar-refractivity contribution is -0.132. The lowest BCUT2D eigenvalue weighted by Crippen LogP contribution is -2.39. The number of likely N-dealkylation sites (tertiary alicyclic amines) is 1. The summed E-state index contributed by atoms with van der Waals surface area (Å²) >= 11 is 0. The normalized spacial score (nSPS) is 18.3. The van der Waals surface area contributed by atoms with E-state index in [4.69, 9.17) is 4.52 Å². The number of amides is 1. The summed E-state index contributed by atoms with van der Waals surface area (Å²) in [5, 5.41) is 8.08. The van der Waals surface area contributed by atoms with E-state index in [1.807, 2.05) is 18.7 Å². The van der Waals surface area contributed by atoms with Gasteiger partial charge in [0.25, 0.3) is 0 Å². The Morgan fingerprint density at radius 3 is 3.04 bits per heavy atom. The van der Waals surface area contributed by atoms with Crippen LogP contribution >= 0.6 is 0 Å². The molecule has 1 saturated heterocycles. The summed E-state index contributed by atoms with van der Waals surface area (Å²) in [5.74, 6) is 1.99. The van der Waals surface area contributed by atoms with Crippen LogP contribution in [0.3, 0.4) is 0 Å². The van der Waals surface area contributed by atoms with Crippen molar-refractivity contribution in [3.63, 3.8) is 0 Å². The Labute approximate surface area is 141 Å². The Morgan fingerprint density at radius 2 is 2.33 bits per heavy atom. The molecule has 0 spiro atoms. The Balaban J connectivity index is 1.51. The molecule has 3 rings (SSSR count). The average molecular weight is 332 g/mol. The molecule has 130 valence electrons. The lowest BCUT2D eigenvalue weighted by atomic mass is 9.97. The van der Waals surface area contributed by atoms with Crippen LogP contribution in [0.1, 0.15) is 63.1 Å². The highest BCUT2D eigenvalue weighted by Crippen LogP contribution is 2.27. The minimum Gasteiger partial charge on any atom is -0.342 e. The average Bonchev–Trinajstić information content (AvgIpc) is 3.26. The third-order valence-electron chi connectivity index (χ3n) is 4.34. The maximum atomic E-state index is 12.4. The smallest absolute Gasteiger partial charge is 0.231 e. The summed E-state index contributed by atoms with van der Waals surface area (Å²) < 4.78 is 7.15. The maximum absolute atomic E-state index is 12.4. The van der Waals surface area contributed by atoms with Gasteiger partial charge in [-0.05, 0) is 19.3 Å². The largest absolute Gasteiger partial charge is 0.342 e. The summed E-state index contributed by atoms with van der Waals surface area (Å²) in [6.07, 6.45) is 6.42. The molecule has 2 aromatic heterocycles. The predicted octanol–water partition coefficient (Wildman–Crippen LogP) is 1.97. The fourth-order valence-corrected chi connectivity index (χ4v) is 2.95. The zero-order valence-electron chi connectivity index (χ0n) is 14.3. The van der Waals surface area contributed by atoms with Crippen LogP contribution in [0, 0.1) is 0 Å². The predicted molar refractivity (Wildman–Crippen MR) is 86.2 cm³/mol. The third-order valence-corrected chi connectivity index (χ3v) is 4.34. The summed E-state index contributed by atoms with van der Waals surface area (Å²) in [4.78, 5) is 22.7. The molecule has 0 N–H and O–H groups in total. The number of carbonyl (C=O) groups excluding carboxylic acids is 1. The van der Waals surface area contributed by atoms with Crippen LogP contribution in [-0.2, 0) is 11.3 Å². The summed E-state index contributed by atoms with van der Waals surface area (Å²) in [5.41, 5.74) is 0. The van der Waals surface area contributed by atoms with Gasteiger partial charge in [-0.25, -0.2) is 4.98 Å². The van der Waals surface area contributed by atoms with Gasteiger partial charge in [-0.2, -0.15) is 10.1 Å². The van der Waals surface area contributed by atoms with E-state index in [1.54, 1.807) is 11.0 Å². The molecular weight excluding hydrogens is 308 g/mol. The van der Waals surface area contributed by atoms with Crippen LogP contribution in [0.25, 0.3) is 0 Å². The first-order valence-corrected chi connectivity index (χ1v) is 8.57. The van der Waals surface area contributed by atoms with Gasteiger partial charge in [-0.15, -0.1) is 0 Å². The third kappa shape index (κ3) is 3.98. The molecule has 1 fully saturated rings. The van der Waals surface area contributed by atoms with E-state index in [9.17, 15) is 4.79 Å². The van der Waals surface area contributed by atoms with Gasteiger partial charge in [0.05, 0.1) is 5.92 Å². The van der Waals surface area contributed by atoms with Gasteiger partial charge < -0.3 is 9.42 Å². The number of rotatable bonds is 6. The van der Waals surface area contributed by atoms with Crippen molar-refractivity contribution in [1.82, 2.24) is 29.8 Å². The topological polar surface area (TPSA) is 89.9 Å². The number of piperidine rings is 1. The zero-order valence-corrected chi connectivity index (χ0v) is 14.3. The SMILES string of the molecule is CC(C)c1noc([C@@H]2CCCN(C(=O)CCCn3cncn3)C2)n1. The minimum absolute atomic E-state index is 0.151. The summed E-state index contributed by atoms with van der Waals surface area (Å²) in [7, 11) is 0. The molecule has 1 amide bonds. The lowest BCUT2D eigenvalue weighted by Gasteiger charge is -2.31. The standard InChI is InChI=1S/C16H24N6O2/c1-12(2)15-19-16(24-20-15)13-5-3-7-21(9-13)14(23)6-4-8-22-11-17-10-18-22/h10-13H,3-9H2,1-2H3/t13-/m1/s1. The summed E-state index contributed by atoms with van der Waals surface area (Å²) in [6, 6.07) is 0. The van der Waals surface area contributed by atoms with E-state index < -0.39 is 0 Å². The fraction of sp³-hybridized carbons (Fsp3) is 0.688. The van der Waals surface area contributed by atoms with E-state index in [1.165, 1.54) is 6.33 Å². The van der Waals surface area contributed by atoms with Crippen molar-refractivity contribution in [2.24, 2.45) is 0 Å². The van der Waals surface area contributed by atoms with Crippen molar-refractivity contribution >= 4 is 5.91 Å². The van der Waals surface area contributed by atoms with E-state index in [2.05, 4.69) is 20.2 Å². The van der Waals surface area contributed by atoms with Gasteiger partial charge >= 0.3 is 0 Å². The maximum Gasteiger partial charge on any atom is 0.231 e. The highest BCUT2D eigenvalue weighted by atomic mass is 16.5. The van der Waals surface area contributed by atoms with Crippen LogP contribution in [-0.4, -0.2) is 48.8 Å². The zero-order chi connectivity index (χ0) is 16.9. The molecular formula is C16H24N6O2. The van der Waals surface area contributed by atoms with Crippen molar-refractivity contribution in [3.05, 3.63) is 24.4 Å². The second-order valence-corrected chi connectivity index (χ2v) is 6.59. The monoisotopic (exact) mass is 332 g/mol. The number of hydrogen-bond donors (Lipinski definition) is 0. The molecule has 1 aliphatic rings. The Kier molecular flexibility index (Phi) is 5.22. The van der Waals surface area contributed by atoms with Gasteiger partial charge in [-0.1, -0.05) is 19.0 Å². The molecule has 0 aromatic carbocycles. The van der Waals surface area contributed by atoms with Crippen LogP contribution in [0.2, 0.25) is 0 Å². The van der Waals surface area contributed by atoms with Crippen LogP contribution in [0.15, 0.2) is 17.2 Å². The van der Waals surface area contributed by atoms with Gasteiger partial charge in [0.1, 0.15) is 12.7 Å². The molecule has 0 saturated carbocycles. The first kappa shape index (κ1) is 16.6. The molecule has 0 radical (unpaired) electrons. The van der Waals surface area contributed by atoms with Crippen molar-refractivity contribution in [2.45, 2.75) is 57.9 Å². The summed E-state index contributed by atoms with van der Waals surface area (Å²) in [6.45, 7) is 6.27. The molecule has 0 bridgehead atoms. The molecule has 1 atom stereocenters. The van der Waals surface area contributed by atoms with Gasteiger partial charge in [-0.3, -0.25) is 9.48 Å².